The Morgan fingerprint density at radius 3 is 2.24 bits per heavy atom. The first-order chi connectivity index (χ1) is 13.8. The van der Waals surface area contributed by atoms with Crippen LogP contribution in [0.2, 0.25) is 0 Å². The maximum absolute atomic E-state index is 12.8. The third-order valence-corrected chi connectivity index (χ3v) is 5.17. The van der Waals surface area contributed by atoms with Crippen LogP contribution in [0.5, 0.6) is 0 Å². The van der Waals surface area contributed by atoms with Crippen LogP contribution in [-0.4, -0.2) is 15.0 Å². The molecule has 0 aliphatic carbocycles. The number of pyridine rings is 2. The molecule has 0 fully saturated rings. The molecule has 0 unspecified atom stereocenters. The minimum atomic E-state index is -4.36. The summed E-state index contributed by atoms with van der Waals surface area (Å²) >= 11 is 1.44. The lowest BCUT2D eigenvalue weighted by Gasteiger charge is -2.09. The van der Waals surface area contributed by atoms with Crippen LogP contribution in [-0.2, 0) is 6.18 Å². The zero-order valence-electron chi connectivity index (χ0n) is 15.2. The number of anilines is 1. The van der Waals surface area contributed by atoms with Gasteiger partial charge in [-0.05, 0) is 54.4 Å². The minimum Gasteiger partial charge on any atom is -0.384 e. The fraction of sp³-hybridized carbons (Fsp3) is 0.0952. The summed E-state index contributed by atoms with van der Waals surface area (Å²) in [5.41, 5.74) is 9.44. The molecule has 0 amide bonds. The second-order valence-electron chi connectivity index (χ2n) is 6.47. The third-order valence-electron chi connectivity index (χ3n) is 4.30. The summed E-state index contributed by atoms with van der Waals surface area (Å²) in [6.07, 6.45) is -2.70. The summed E-state index contributed by atoms with van der Waals surface area (Å²) in [5.74, 6) is 0.436. The first-order valence-corrected chi connectivity index (χ1v) is 9.52. The molecule has 4 rings (SSSR count). The van der Waals surface area contributed by atoms with Crippen LogP contribution < -0.4 is 5.73 Å². The number of aryl methyl sites for hydroxylation is 1. The summed E-state index contributed by atoms with van der Waals surface area (Å²) in [4.78, 5) is 13.2. The molecule has 0 aliphatic rings. The molecule has 4 nitrogen and oxygen atoms in total. The Balaban J connectivity index is 1.68. The average molecular weight is 412 g/mol. The number of nitrogens with zero attached hydrogens (tertiary/aromatic N) is 3. The van der Waals surface area contributed by atoms with Gasteiger partial charge in [0.1, 0.15) is 10.8 Å². The van der Waals surface area contributed by atoms with Crippen LogP contribution in [0.4, 0.5) is 19.0 Å². The summed E-state index contributed by atoms with van der Waals surface area (Å²) in [6, 6.07) is 12.3. The van der Waals surface area contributed by atoms with Crippen LogP contribution >= 0.6 is 11.3 Å². The van der Waals surface area contributed by atoms with Gasteiger partial charge in [-0.15, -0.1) is 11.3 Å². The molecule has 2 N–H and O–H groups in total. The lowest BCUT2D eigenvalue weighted by Crippen LogP contribution is -2.04. The van der Waals surface area contributed by atoms with E-state index >= 15 is 0 Å². The lowest BCUT2D eigenvalue weighted by atomic mass is 10.0. The fourth-order valence-corrected chi connectivity index (χ4v) is 3.67. The highest BCUT2D eigenvalue weighted by Gasteiger charge is 2.30. The molecule has 0 saturated heterocycles. The van der Waals surface area contributed by atoms with Crippen molar-refractivity contribution in [1.82, 2.24) is 15.0 Å². The SMILES string of the molecule is Cc1cc(-c2ccc(C(F)(F)F)cc2)cc(-c2nc(-c3ccc(N)nc3)cs2)n1. The van der Waals surface area contributed by atoms with Gasteiger partial charge in [-0.25, -0.2) is 9.97 Å². The highest BCUT2D eigenvalue weighted by atomic mass is 32.1. The molecule has 0 spiro atoms. The smallest absolute Gasteiger partial charge is 0.384 e. The molecule has 1 aromatic carbocycles. The number of aromatic nitrogens is 3. The fourth-order valence-electron chi connectivity index (χ4n) is 2.88. The Bertz CT molecular complexity index is 1150. The quantitative estimate of drug-likeness (QED) is 0.459. The summed E-state index contributed by atoms with van der Waals surface area (Å²) in [5, 5.41) is 2.62. The van der Waals surface area contributed by atoms with Crippen LogP contribution in [0, 0.1) is 6.92 Å². The maximum atomic E-state index is 12.8. The summed E-state index contributed by atoms with van der Waals surface area (Å²) in [6.45, 7) is 1.84. The van der Waals surface area contributed by atoms with Crippen molar-refractivity contribution < 1.29 is 13.2 Å². The molecule has 146 valence electrons. The molecule has 8 heteroatoms. The van der Waals surface area contributed by atoms with Crippen LogP contribution in [0.15, 0.2) is 60.1 Å². The number of nitrogen functional groups attached to an aromatic ring is 1. The Morgan fingerprint density at radius 2 is 1.59 bits per heavy atom. The van der Waals surface area contributed by atoms with Crippen molar-refractivity contribution in [2.45, 2.75) is 13.1 Å². The van der Waals surface area contributed by atoms with Gasteiger partial charge in [0.25, 0.3) is 0 Å². The number of benzene rings is 1. The average Bonchev–Trinajstić information content (AvgIpc) is 3.18. The van der Waals surface area contributed by atoms with E-state index in [1.165, 1.54) is 23.5 Å². The predicted molar refractivity (Wildman–Crippen MR) is 108 cm³/mol. The summed E-state index contributed by atoms with van der Waals surface area (Å²) in [7, 11) is 0. The Morgan fingerprint density at radius 1 is 0.862 bits per heavy atom. The number of nitrogens with two attached hydrogens (primary N) is 1. The predicted octanol–water partition coefficient (Wildman–Crippen LogP) is 5.84. The third kappa shape index (κ3) is 4.12. The van der Waals surface area contributed by atoms with E-state index in [1.807, 2.05) is 30.5 Å². The number of hydrogen-bond acceptors (Lipinski definition) is 5. The van der Waals surface area contributed by atoms with Gasteiger partial charge in [-0.3, -0.25) is 4.98 Å². The van der Waals surface area contributed by atoms with Crippen molar-refractivity contribution >= 4 is 17.2 Å². The van der Waals surface area contributed by atoms with E-state index in [9.17, 15) is 13.2 Å². The van der Waals surface area contributed by atoms with E-state index in [4.69, 9.17) is 5.73 Å². The molecule has 4 aromatic rings. The Hall–Kier alpha value is -3.26. The second-order valence-corrected chi connectivity index (χ2v) is 7.33. The van der Waals surface area contributed by atoms with Crippen molar-refractivity contribution in [1.29, 1.82) is 0 Å². The number of thiazole rings is 1. The normalized spacial score (nSPS) is 11.6. The Labute approximate surface area is 168 Å². The molecule has 0 radical (unpaired) electrons. The van der Waals surface area contributed by atoms with E-state index in [2.05, 4.69) is 15.0 Å². The maximum Gasteiger partial charge on any atom is 0.416 e. The van der Waals surface area contributed by atoms with E-state index in [-0.39, 0.29) is 0 Å². The van der Waals surface area contributed by atoms with Crippen molar-refractivity contribution in [2.24, 2.45) is 0 Å². The van der Waals surface area contributed by atoms with Gasteiger partial charge in [0.2, 0.25) is 0 Å². The zero-order chi connectivity index (χ0) is 20.6. The lowest BCUT2D eigenvalue weighted by molar-refractivity contribution is -0.137. The van der Waals surface area contributed by atoms with Crippen LogP contribution in [0.25, 0.3) is 33.1 Å². The van der Waals surface area contributed by atoms with Crippen LogP contribution in [0.1, 0.15) is 11.3 Å². The zero-order valence-corrected chi connectivity index (χ0v) is 16.1. The van der Waals surface area contributed by atoms with E-state index in [0.29, 0.717) is 22.1 Å². The number of halogens is 3. The highest BCUT2D eigenvalue weighted by Crippen LogP contribution is 2.33. The highest BCUT2D eigenvalue weighted by molar-refractivity contribution is 7.13. The molecule has 0 atom stereocenters. The molecule has 0 bridgehead atoms. The number of alkyl halides is 3. The van der Waals surface area contributed by atoms with Gasteiger partial charge in [-0.1, -0.05) is 12.1 Å². The largest absolute Gasteiger partial charge is 0.416 e. The first kappa shape index (κ1) is 19.1. The van der Waals surface area contributed by atoms with Gasteiger partial charge in [0.15, 0.2) is 0 Å². The molecular weight excluding hydrogens is 397 g/mol. The number of rotatable bonds is 3. The van der Waals surface area contributed by atoms with E-state index in [0.717, 1.165) is 34.6 Å². The van der Waals surface area contributed by atoms with E-state index in [1.54, 1.807) is 12.3 Å². The standard InChI is InChI=1S/C21H15F3N4S/c1-12-8-15(13-2-5-16(6-3-13)21(22,23)24)9-17(27-12)20-28-18(11-29-20)14-4-7-19(25)26-10-14/h2-11H,1H3,(H2,25,26). The first-order valence-electron chi connectivity index (χ1n) is 8.64. The van der Waals surface area contributed by atoms with Crippen LogP contribution in [0.3, 0.4) is 0 Å². The minimum absolute atomic E-state index is 0.436. The van der Waals surface area contributed by atoms with Crippen molar-refractivity contribution in [3.8, 4) is 33.1 Å². The molecule has 0 saturated carbocycles. The van der Waals surface area contributed by atoms with Crippen molar-refractivity contribution in [3.63, 3.8) is 0 Å². The number of hydrogen-bond donors (Lipinski definition) is 1. The van der Waals surface area contributed by atoms with E-state index < -0.39 is 11.7 Å². The molecule has 3 aromatic heterocycles. The van der Waals surface area contributed by atoms with Crippen molar-refractivity contribution in [2.75, 3.05) is 5.73 Å². The van der Waals surface area contributed by atoms with Gasteiger partial charge in [0, 0.05) is 22.8 Å². The molecule has 29 heavy (non-hydrogen) atoms. The molecule has 3 heterocycles. The summed E-state index contributed by atoms with van der Waals surface area (Å²) < 4.78 is 38.4. The second kappa shape index (κ2) is 7.29. The van der Waals surface area contributed by atoms with Gasteiger partial charge in [0.05, 0.1) is 17.0 Å². The molecule has 0 aliphatic heterocycles. The Kier molecular flexibility index (Phi) is 4.79. The molecular formula is C21H15F3N4S. The van der Waals surface area contributed by atoms with Gasteiger partial charge in [-0.2, -0.15) is 13.2 Å². The van der Waals surface area contributed by atoms with Crippen molar-refractivity contribution in [3.05, 3.63) is 71.4 Å². The topological polar surface area (TPSA) is 64.7 Å². The van der Waals surface area contributed by atoms with Gasteiger partial charge < -0.3 is 5.73 Å². The van der Waals surface area contributed by atoms with Gasteiger partial charge >= 0.3 is 6.18 Å². The monoisotopic (exact) mass is 412 g/mol.